The molecular weight excluding hydrogens is 622 g/mol. The molecule has 2 aromatic carbocycles. The van der Waals surface area contributed by atoms with Crippen LogP contribution in [0.3, 0.4) is 0 Å². The standard InChI is InChI=1S/C32H33F4N7O4/c1-18(33)30(44)43-9-8-42(15-20(43)5-7-37)29-27-26(39-31(40-29)47-17-21-16-45-12-10-41(21)2)14-23(22-6-11-46-28(22)27)24-13-19(38)3-4-25(24)32(34,35)36/h3-4,13-14,20-21H,1,5-6,8-12,15-17,38H2,2H3/t20-,21-/m0/s1. The minimum Gasteiger partial charge on any atom is -0.492 e. The van der Waals surface area contributed by atoms with Crippen molar-refractivity contribution >= 4 is 28.3 Å². The normalized spacial score (nSPS) is 20.1. The van der Waals surface area contributed by atoms with Crippen molar-refractivity contribution in [3.05, 3.63) is 47.8 Å². The van der Waals surface area contributed by atoms with Gasteiger partial charge in [0.15, 0.2) is 5.83 Å². The number of aromatic nitrogens is 2. The number of hydrogen-bond acceptors (Lipinski definition) is 10. The van der Waals surface area contributed by atoms with Crippen LogP contribution >= 0.6 is 0 Å². The van der Waals surface area contributed by atoms with Crippen LogP contribution in [0.25, 0.3) is 22.0 Å². The van der Waals surface area contributed by atoms with E-state index in [9.17, 15) is 27.6 Å². The lowest BCUT2D eigenvalue weighted by Crippen LogP contribution is -2.55. The molecule has 0 saturated carbocycles. The highest BCUT2D eigenvalue weighted by Crippen LogP contribution is 2.47. The third kappa shape index (κ3) is 6.35. The Morgan fingerprint density at radius 2 is 1.98 bits per heavy atom. The van der Waals surface area contributed by atoms with E-state index >= 15 is 0 Å². The topological polar surface area (TPSA) is 130 Å². The van der Waals surface area contributed by atoms with Gasteiger partial charge in [-0.2, -0.15) is 28.4 Å². The van der Waals surface area contributed by atoms with Crippen LogP contribution in [0.5, 0.6) is 11.8 Å². The summed E-state index contributed by atoms with van der Waals surface area (Å²) in [5, 5.41) is 9.97. The van der Waals surface area contributed by atoms with Crippen molar-refractivity contribution in [1.29, 1.82) is 5.26 Å². The summed E-state index contributed by atoms with van der Waals surface area (Å²) in [6, 6.07) is 6.30. The number of alkyl halides is 3. The van der Waals surface area contributed by atoms with E-state index in [4.69, 9.17) is 24.9 Å². The molecule has 0 radical (unpaired) electrons. The number of likely N-dealkylation sites (N-methyl/N-ethyl adjacent to an activating group) is 1. The molecule has 0 spiro atoms. The summed E-state index contributed by atoms with van der Waals surface area (Å²) in [6.45, 7) is 5.64. The van der Waals surface area contributed by atoms with E-state index in [-0.39, 0.29) is 73.7 Å². The molecule has 2 N–H and O–H groups in total. The average Bonchev–Trinajstić information content (AvgIpc) is 3.53. The molecule has 2 saturated heterocycles. The Bertz CT molecular complexity index is 1760. The highest BCUT2D eigenvalue weighted by molar-refractivity contribution is 6.01. The summed E-state index contributed by atoms with van der Waals surface area (Å²) in [7, 11) is 1.95. The lowest BCUT2D eigenvalue weighted by Gasteiger charge is -2.41. The number of piperazine rings is 1. The number of anilines is 2. The number of carbonyl (C=O) groups is 1. The average molecular weight is 656 g/mol. The molecule has 0 aliphatic carbocycles. The minimum atomic E-state index is -4.65. The van der Waals surface area contributed by atoms with E-state index < -0.39 is 29.5 Å². The quantitative estimate of drug-likeness (QED) is 0.227. The van der Waals surface area contributed by atoms with Crippen molar-refractivity contribution in [3.63, 3.8) is 0 Å². The zero-order chi connectivity index (χ0) is 33.5. The monoisotopic (exact) mass is 655 g/mol. The van der Waals surface area contributed by atoms with E-state index in [0.717, 1.165) is 6.07 Å². The first kappa shape index (κ1) is 32.3. The van der Waals surface area contributed by atoms with Crippen LogP contribution in [-0.2, 0) is 22.1 Å². The predicted molar refractivity (Wildman–Crippen MR) is 165 cm³/mol. The summed E-state index contributed by atoms with van der Waals surface area (Å²) >= 11 is 0. The number of fused-ring (bicyclic) bond motifs is 3. The van der Waals surface area contributed by atoms with Crippen LogP contribution in [-0.4, -0.2) is 97.4 Å². The molecule has 0 bridgehead atoms. The molecule has 15 heteroatoms. The van der Waals surface area contributed by atoms with Crippen molar-refractivity contribution in [1.82, 2.24) is 19.8 Å². The molecule has 47 heavy (non-hydrogen) atoms. The van der Waals surface area contributed by atoms with Crippen molar-refractivity contribution in [2.75, 3.05) is 70.3 Å². The number of nitrogens with zero attached hydrogens (tertiary/aromatic N) is 6. The first-order valence-corrected chi connectivity index (χ1v) is 15.1. The van der Waals surface area contributed by atoms with Gasteiger partial charge in [0, 0.05) is 43.9 Å². The second-order valence-corrected chi connectivity index (χ2v) is 11.7. The Balaban J connectivity index is 1.50. The van der Waals surface area contributed by atoms with Crippen LogP contribution in [0, 0.1) is 11.3 Å². The van der Waals surface area contributed by atoms with E-state index in [1.54, 1.807) is 6.07 Å². The maximum absolute atomic E-state index is 14.2. The summed E-state index contributed by atoms with van der Waals surface area (Å²) in [5.74, 6) is -1.32. The minimum absolute atomic E-state index is 0.0218. The number of amides is 1. The van der Waals surface area contributed by atoms with Gasteiger partial charge >= 0.3 is 12.2 Å². The van der Waals surface area contributed by atoms with Crippen LogP contribution in [0.15, 0.2) is 36.7 Å². The van der Waals surface area contributed by atoms with Gasteiger partial charge in [-0.1, -0.05) is 6.58 Å². The maximum atomic E-state index is 14.2. The first-order chi connectivity index (χ1) is 22.5. The number of hydrogen-bond donors (Lipinski definition) is 1. The zero-order valence-electron chi connectivity index (χ0n) is 25.6. The van der Waals surface area contributed by atoms with Crippen molar-refractivity contribution in [2.24, 2.45) is 0 Å². The molecule has 1 amide bonds. The van der Waals surface area contributed by atoms with Gasteiger partial charge in [-0.15, -0.1) is 0 Å². The molecule has 1 aromatic heterocycles. The van der Waals surface area contributed by atoms with Gasteiger partial charge in [-0.05, 0) is 42.4 Å². The second kappa shape index (κ2) is 12.8. The maximum Gasteiger partial charge on any atom is 0.417 e. The second-order valence-electron chi connectivity index (χ2n) is 11.7. The Kier molecular flexibility index (Phi) is 8.82. The zero-order valence-corrected chi connectivity index (χ0v) is 25.6. The number of halogens is 4. The Morgan fingerprint density at radius 1 is 1.17 bits per heavy atom. The van der Waals surface area contributed by atoms with Gasteiger partial charge in [0.1, 0.15) is 18.2 Å². The van der Waals surface area contributed by atoms with Crippen LogP contribution in [0.1, 0.15) is 17.5 Å². The first-order valence-electron chi connectivity index (χ1n) is 15.1. The molecule has 4 heterocycles. The number of carbonyl (C=O) groups excluding carboxylic acids is 1. The van der Waals surface area contributed by atoms with Gasteiger partial charge in [0.2, 0.25) is 0 Å². The van der Waals surface area contributed by atoms with Crippen LogP contribution in [0.4, 0.5) is 29.1 Å². The Morgan fingerprint density at radius 3 is 2.70 bits per heavy atom. The fraction of sp³-hybridized carbons (Fsp3) is 0.438. The van der Waals surface area contributed by atoms with Gasteiger partial charge < -0.3 is 29.7 Å². The highest BCUT2D eigenvalue weighted by atomic mass is 19.4. The molecule has 0 unspecified atom stereocenters. The highest BCUT2D eigenvalue weighted by Gasteiger charge is 2.37. The molecule has 3 aliphatic rings. The fourth-order valence-electron chi connectivity index (χ4n) is 6.33. The number of ether oxygens (including phenoxy) is 3. The van der Waals surface area contributed by atoms with Gasteiger partial charge in [0.25, 0.3) is 5.91 Å². The summed E-state index contributed by atoms with van der Waals surface area (Å²) in [5.41, 5.74) is 6.29. The van der Waals surface area contributed by atoms with Gasteiger partial charge in [0.05, 0.1) is 60.9 Å². The van der Waals surface area contributed by atoms with Crippen molar-refractivity contribution in [2.45, 2.75) is 31.1 Å². The Hall–Kier alpha value is -4.68. The molecule has 11 nitrogen and oxygen atoms in total. The van der Waals surface area contributed by atoms with Crippen LogP contribution < -0.4 is 20.1 Å². The number of rotatable bonds is 7. The molecule has 6 rings (SSSR count). The molecule has 2 atom stereocenters. The molecule has 2 fully saturated rings. The van der Waals surface area contributed by atoms with Gasteiger partial charge in [-0.25, -0.2) is 4.39 Å². The number of nitrogen functional groups attached to an aromatic ring is 1. The van der Waals surface area contributed by atoms with E-state index in [1.165, 1.54) is 17.0 Å². The smallest absolute Gasteiger partial charge is 0.417 e. The molecule has 248 valence electrons. The van der Waals surface area contributed by atoms with Crippen molar-refractivity contribution in [3.8, 4) is 29.0 Å². The van der Waals surface area contributed by atoms with E-state index in [0.29, 0.717) is 48.7 Å². The number of benzene rings is 2. The molecule has 3 aromatic rings. The number of morpholine rings is 1. The molecular formula is C32H33F4N7O4. The third-order valence-electron chi connectivity index (χ3n) is 8.77. The predicted octanol–water partition coefficient (Wildman–Crippen LogP) is 3.96. The largest absolute Gasteiger partial charge is 0.492 e. The SMILES string of the molecule is C=C(F)C(=O)N1CCN(c2nc(OC[C@@H]3COCCN3C)nc3cc(-c4cc(N)ccc4C(F)(F)F)c4c(c23)OCC4)C[C@@H]1CC#N. The summed E-state index contributed by atoms with van der Waals surface area (Å²) in [4.78, 5) is 27.2. The lowest BCUT2D eigenvalue weighted by atomic mass is 9.91. The Labute approximate surface area is 268 Å². The number of nitrogens with two attached hydrogens (primary N) is 1. The van der Waals surface area contributed by atoms with Crippen molar-refractivity contribution < 1.29 is 36.6 Å². The summed E-state index contributed by atoms with van der Waals surface area (Å²) in [6.07, 6.45) is -4.40. The van der Waals surface area contributed by atoms with Gasteiger partial charge in [-0.3, -0.25) is 9.69 Å². The third-order valence-corrected chi connectivity index (χ3v) is 8.77. The van der Waals surface area contributed by atoms with E-state index in [2.05, 4.69) is 22.5 Å². The molecule has 3 aliphatic heterocycles. The van der Waals surface area contributed by atoms with Crippen LogP contribution in [0.2, 0.25) is 0 Å². The summed E-state index contributed by atoms with van der Waals surface area (Å²) < 4.78 is 74.3. The van der Waals surface area contributed by atoms with E-state index in [1.807, 2.05) is 11.9 Å². The number of nitriles is 1. The lowest BCUT2D eigenvalue weighted by molar-refractivity contribution is -0.137. The fourth-order valence-corrected chi connectivity index (χ4v) is 6.33.